The van der Waals surface area contributed by atoms with Crippen LogP contribution in [0, 0.1) is 0 Å². The van der Waals surface area contributed by atoms with Crippen LogP contribution >= 0.6 is 0 Å². The van der Waals surface area contributed by atoms with Crippen molar-refractivity contribution in [3.63, 3.8) is 0 Å². The van der Waals surface area contributed by atoms with Crippen LogP contribution in [0.5, 0.6) is 11.5 Å². The van der Waals surface area contributed by atoms with Gasteiger partial charge in [-0.2, -0.15) is 0 Å². The molecule has 6 nitrogen and oxygen atoms in total. The van der Waals surface area contributed by atoms with Crippen molar-refractivity contribution in [2.45, 2.75) is 19.6 Å². The van der Waals surface area contributed by atoms with Crippen LogP contribution in [0.4, 0.5) is 5.69 Å². The fourth-order valence-corrected chi connectivity index (χ4v) is 2.36. The van der Waals surface area contributed by atoms with E-state index in [1.54, 1.807) is 24.3 Å². The van der Waals surface area contributed by atoms with E-state index in [1.807, 2.05) is 24.3 Å². The number of benzene rings is 2. The topological polar surface area (TPSA) is 76.7 Å². The third-order valence-electron chi connectivity index (χ3n) is 3.54. The number of rotatable bonds is 4. The molecular weight excluding hydrogens is 308 g/mol. The number of ether oxygens (including phenoxy) is 2. The van der Waals surface area contributed by atoms with Crippen LogP contribution in [0.25, 0.3) is 0 Å². The third kappa shape index (κ3) is 3.84. The van der Waals surface area contributed by atoms with Crippen LogP contribution in [-0.4, -0.2) is 24.5 Å². The Morgan fingerprint density at radius 2 is 1.79 bits per heavy atom. The Hall–Kier alpha value is -3.02. The van der Waals surface area contributed by atoms with E-state index >= 15 is 0 Å². The van der Waals surface area contributed by atoms with Gasteiger partial charge in [0.1, 0.15) is 6.61 Å². The molecule has 0 radical (unpaired) electrons. The predicted octanol–water partition coefficient (Wildman–Crippen LogP) is 2.10. The Morgan fingerprint density at radius 3 is 2.50 bits per heavy atom. The zero-order chi connectivity index (χ0) is 16.9. The van der Waals surface area contributed by atoms with Crippen LogP contribution in [0.2, 0.25) is 0 Å². The molecule has 6 heteroatoms. The summed E-state index contributed by atoms with van der Waals surface area (Å²) in [7, 11) is 0. The van der Waals surface area contributed by atoms with Crippen LogP contribution in [0.1, 0.15) is 12.5 Å². The predicted molar refractivity (Wildman–Crippen MR) is 88.9 cm³/mol. The van der Waals surface area contributed by atoms with Gasteiger partial charge in [-0.05, 0) is 29.8 Å². The number of fused-ring (bicyclic) bond motifs is 1. The lowest BCUT2D eigenvalue weighted by Gasteiger charge is -2.25. The van der Waals surface area contributed by atoms with Gasteiger partial charge < -0.3 is 20.1 Å². The number of anilines is 1. The van der Waals surface area contributed by atoms with Crippen molar-refractivity contribution in [3.8, 4) is 11.5 Å². The molecule has 2 N–H and O–H groups in total. The second-order valence-electron chi connectivity index (χ2n) is 5.46. The Labute approximate surface area is 139 Å². The lowest BCUT2D eigenvalue weighted by Crippen LogP contribution is -2.43. The molecule has 1 heterocycles. The number of carbonyl (C=O) groups excluding carboxylic acids is 2. The number of nitrogens with one attached hydrogen (secondary N) is 2. The average Bonchev–Trinajstić information content (AvgIpc) is 2.60. The summed E-state index contributed by atoms with van der Waals surface area (Å²) < 4.78 is 11.2. The largest absolute Gasteiger partial charge is 0.485 e. The molecule has 124 valence electrons. The molecule has 1 atom stereocenters. The molecule has 0 spiro atoms. The fraction of sp³-hybridized carbons (Fsp3) is 0.222. The lowest BCUT2D eigenvalue weighted by atomic mass is 10.2. The van der Waals surface area contributed by atoms with Crippen molar-refractivity contribution in [2.75, 3.05) is 11.9 Å². The summed E-state index contributed by atoms with van der Waals surface area (Å²) in [5, 5.41) is 5.52. The summed E-state index contributed by atoms with van der Waals surface area (Å²) in [5.74, 6) is 0.875. The number of amides is 2. The van der Waals surface area contributed by atoms with Crippen LogP contribution < -0.4 is 20.1 Å². The summed E-state index contributed by atoms with van der Waals surface area (Å²) in [5.41, 5.74) is 1.65. The number of para-hydroxylation sites is 2. The first kappa shape index (κ1) is 15.9. The maximum Gasteiger partial charge on any atom is 0.264 e. The summed E-state index contributed by atoms with van der Waals surface area (Å²) in [6.45, 7) is 2.02. The van der Waals surface area contributed by atoms with Crippen LogP contribution in [-0.2, 0) is 16.1 Å². The van der Waals surface area contributed by atoms with Gasteiger partial charge in [-0.15, -0.1) is 0 Å². The van der Waals surface area contributed by atoms with Crippen LogP contribution in [0.3, 0.4) is 0 Å². The fourth-order valence-electron chi connectivity index (χ4n) is 2.36. The van der Waals surface area contributed by atoms with Gasteiger partial charge in [0, 0.05) is 19.2 Å². The Morgan fingerprint density at radius 1 is 1.08 bits per heavy atom. The van der Waals surface area contributed by atoms with Gasteiger partial charge in [0.15, 0.2) is 11.5 Å². The first-order valence-corrected chi connectivity index (χ1v) is 7.64. The second kappa shape index (κ2) is 7.04. The molecule has 1 unspecified atom stereocenters. The highest BCUT2D eigenvalue weighted by Crippen LogP contribution is 2.30. The molecule has 0 saturated heterocycles. The molecule has 0 aromatic heterocycles. The van der Waals surface area contributed by atoms with E-state index in [9.17, 15) is 9.59 Å². The molecule has 3 rings (SSSR count). The maximum absolute atomic E-state index is 12.2. The minimum atomic E-state index is -0.668. The normalized spacial score (nSPS) is 15.5. The monoisotopic (exact) mass is 326 g/mol. The highest BCUT2D eigenvalue weighted by molar-refractivity contribution is 5.88. The standard InChI is InChI=1S/C18H18N2O4/c1-12(21)20-14-8-6-13(7-9-14)10-19-18(22)17-11-23-15-4-2-3-5-16(15)24-17/h2-9,17H,10-11H2,1H3,(H,19,22)(H,20,21). The first-order chi connectivity index (χ1) is 11.6. The molecular formula is C18H18N2O4. The smallest absolute Gasteiger partial charge is 0.264 e. The molecule has 2 amide bonds. The molecule has 0 fully saturated rings. The van der Waals surface area contributed by atoms with Crippen molar-refractivity contribution in [2.24, 2.45) is 0 Å². The SMILES string of the molecule is CC(=O)Nc1ccc(CNC(=O)C2COc3ccccc3O2)cc1. The van der Waals surface area contributed by atoms with Crippen molar-refractivity contribution >= 4 is 17.5 Å². The van der Waals surface area contributed by atoms with Gasteiger partial charge in [0.2, 0.25) is 12.0 Å². The summed E-state index contributed by atoms with van der Waals surface area (Å²) >= 11 is 0. The van der Waals surface area contributed by atoms with E-state index in [2.05, 4.69) is 10.6 Å². The molecule has 2 aromatic carbocycles. The number of hydrogen-bond acceptors (Lipinski definition) is 4. The molecule has 0 aliphatic carbocycles. The molecule has 2 aromatic rings. The zero-order valence-electron chi connectivity index (χ0n) is 13.2. The van der Waals surface area contributed by atoms with Gasteiger partial charge >= 0.3 is 0 Å². The van der Waals surface area contributed by atoms with E-state index < -0.39 is 6.10 Å². The van der Waals surface area contributed by atoms with E-state index in [0.29, 0.717) is 18.0 Å². The van der Waals surface area contributed by atoms with Crippen LogP contribution in [0.15, 0.2) is 48.5 Å². The van der Waals surface area contributed by atoms with E-state index in [1.165, 1.54) is 6.92 Å². The highest BCUT2D eigenvalue weighted by Gasteiger charge is 2.26. The first-order valence-electron chi connectivity index (χ1n) is 7.64. The summed E-state index contributed by atoms with van der Waals surface area (Å²) in [4.78, 5) is 23.2. The number of carbonyl (C=O) groups is 2. The number of hydrogen-bond donors (Lipinski definition) is 2. The van der Waals surface area contributed by atoms with Gasteiger partial charge in [0.05, 0.1) is 0 Å². The second-order valence-corrected chi connectivity index (χ2v) is 5.46. The lowest BCUT2D eigenvalue weighted by molar-refractivity contribution is -0.130. The molecule has 1 aliphatic heterocycles. The van der Waals surface area contributed by atoms with Gasteiger partial charge in [-0.3, -0.25) is 9.59 Å². The molecule has 1 aliphatic rings. The highest BCUT2D eigenvalue weighted by atomic mass is 16.6. The van der Waals surface area contributed by atoms with Crippen molar-refractivity contribution in [3.05, 3.63) is 54.1 Å². The maximum atomic E-state index is 12.2. The Kier molecular flexibility index (Phi) is 4.65. The van der Waals surface area contributed by atoms with Crippen molar-refractivity contribution < 1.29 is 19.1 Å². The average molecular weight is 326 g/mol. The van der Waals surface area contributed by atoms with Gasteiger partial charge in [-0.1, -0.05) is 24.3 Å². The molecule has 24 heavy (non-hydrogen) atoms. The van der Waals surface area contributed by atoms with Gasteiger partial charge in [0.25, 0.3) is 5.91 Å². The Balaban J connectivity index is 1.53. The quantitative estimate of drug-likeness (QED) is 0.902. The van der Waals surface area contributed by atoms with E-state index in [-0.39, 0.29) is 18.4 Å². The van der Waals surface area contributed by atoms with Gasteiger partial charge in [-0.25, -0.2) is 0 Å². The minimum Gasteiger partial charge on any atom is -0.485 e. The summed E-state index contributed by atoms with van der Waals surface area (Å²) in [6, 6.07) is 14.5. The zero-order valence-corrected chi connectivity index (χ0v) is 13.2. The Bertz CT molecular complexity index is 743. The van der Waals surface area contributed by atoms with E-state index in [0.717, 1.165) is 11.3 Å². The van der Waals surface area contributed by atoms with E-state index in [4.69, 9.17) is 9.47 Å². The molecule has 0 bridgehead atoms. The third-order valence-corrected chi connectivity index (χ3v) is 3.54. The minimum absolute atomic E-state index is 0.120. The summed E-state index contributed by atoms with van der Waals surface area (Å²) in [6.07, 6.45) is -0.668. The van der Waals surface area contributed by atoms with Crippen molar-refractivity contribution in [1.29, 1.82) is 0 Å². The van der Waals surface area contributed by atoms with Crippen molar-refractivity contribution in [1.82, 2.24) is 5.32 Å². The molecule has 0 saturated carbocycles.